The summed E-state index contributed by atoms with van der Waals surface area (Å²) in [6.07, 6.45) is 1.40. The van der Waals surface area contributed by atoms with Gasteiger partial charge in [-0.25, -0.2) is 10.2 Å². The minimum Gasteiger partial charge on any atom is -0.497 e. The van der Waals surface area contributed by atoms with Crippen LogP contribution in [-0.4, -0.2) is 31.8 Å². The Hall–Kier alpha value is -3.65. The standard InChI is InChI=1S/C26H25BrN2O5/c1-17(2)18-4-11-23(12-5-18)33-16-25(30)29-28-15-20-14-21(27)8-13-24(20)34-26(31)19-6-9-22(32-3)10-7-19/h4-15,17H,16H2,1-3H3,(H,29,30)/b28-15-. The van der Waals surface area contributed by atoms with E-state index in [0.717, 1.165) is 4.47 Å². The molecule has 0 aromatic heterocycles. The largest absolute Gasteiger partial charge is 0.497 e. The lowest BCUT2D eigenvalue weighted by molar-refractivity contribution is -0.123. The van der Waals surface area contributed by atoms with E-state index in [4.69, 9.17) is 14.2 Å². The van der Waals surface area contributed by atoms with E-state index in [1.807, 2.05) is 24.3 Å². The van der Waals surface area contributed by atoms with Crippen molar-refractivity contribution >= 4 is 34.0 Å². The first-order valence-electron chi connectivity index (χ1n) is 10.6. The van der Waals surface area contributed by atoms with E-state index in [9.17, 15) is 9.59 Å². The molecule has 0 bridgehead atoms. The molecule has 7 nitrogen and oxygen atoms in total. The highest BCUT2D eigenvalue weighted by molar-refractivity contribution is 9.10. The number of amides is 1. The van der Waals surface area contributed by atoms with Crippen LogP contribution in [0.3, 0.4) is 0 Å². The summed E-state index contributed by atoms with van der Waals surface area (Å²) in [4.78, 5) is 24.6. The zero-order valence-electron chi connectivity index (χ0n) is 19.1. The fourth-order valence-electron chi connectivity index (χ4n) is 2.90. The van der Waals surface area contributed by atoms with Crippen LogP contribution in [0.5, 0.6) is 17.2 Å². The zero-order valence-corrected chi connectivity index (χ0v) is 20.7. The molecule has 1 amide bonds. The van der Waals surface area contributed by atoms with Crippen molar-refractivity contribution in [3.05, 3.63) is 87.9 Å². The van der Waals surface area contributed by atoms with Crippen molar-refractivity contribution in [3.63, 3.8) is 0 Å². The van der Waals surface area contributed by atoms with Gasteiger partial charge in [-0.15, -0.1) is 0 Å². The summed E-state index contributed by atoms with van der Waals surface area (Å²) in [5.74, 6) is 1.01. The van der Waals surface area contributed by atoms with Gasteiger partial charge in [-0.1, -0.05) is 41.9 Å². The molecule has 1 N–H and O–H groups in total. The molecule has 0 unspecified atom stereocenters. The quantitative estimate of drug-likeness (QED) is 0.177. The number of carbonyl (C=O) groups is 2. The maximum Gasteiger partial charge on any atom is 0.343 e. The van der Waals surface area contributed by atoms with Crippen molar-refractivity contribution in [2.75, 3.05) is 13.7 Å². The first-order chi connectivity index (χ1) is 16.4. The number of benzene rings is 3. The van der Waals surface area contributed by atoms with E-state index in [2.05, 4.69) is 40.3 Å². The van der Waals surface area contributed by atoms with E-state index in [1.54, 1.807) is 49.6 Å². The Bertz CT molecular complexity index is 1160. The van der Waals surface area contributed by atoms with Crippen LogP contribution in [0.25, 0.3) is 0 Å². The van der Waals surface area contributed by atoms with Crippen molar-refractivity contribution in [2.24, 2.45) is 5.10 Å². The minimum atomic E-state index is -0.527. The number of halogens is 1. The normalized spacial score (nSPS) is 10.9. The third kappa shape index (κ3) is 7.18. The van der Waals surface area contributed by atoms with Gasteiger partial charge in [-0.05, 0) is 66.1 Å². The van der Waals surface area contributed by atoms with Crippen LogP contribution in [0.4, 0.5) is 0 Å². The van der Waals surface area contributed by atoms with E-state index < -0.39 is 11.9 Å². The van der Waals surface area contributed by atoms with E-state index in [1.165, 1.54) is 11.8 Å². The summed E-state index contributed by atoms with van der Waals surface area (Å²) in [5.41, 5.74) is 4.48. The lowest BCUT2D eigenvalue weighted by Crippen LogP contribution is -2.24. The predicted octanol–water partition coefficient (Wildman–Crippen LogP) is 5.33. The molecule has 0 radical (unpaired) electrons. The average Bonchev–Trinajstić information content (AvgIpc) is 2.84. The van der Waals surface area contributed by atoms with Crippen LogP contribution in [0.2, 0.25) is 0 Å². The Labute approximate surface area is 206 Å². The second-order valence-electron chi connectivity index (χ2n) is 7.61. The van der Waals surface area contributed by atoms with Gasteiger partial charge in [0.25, 0.3) is 5.91 Å². The molecule has 3 aromatic rings. The summed E-state index contributed by atoms with van der Waals surface area (Å²) in [7, 11) is 1.55. The first-order valence-corrected chi connectivity index (χ1v) is 11.4. The Morgan fingerprint density at radius 2 is 1.68 bits per heavy atom. The number of hydrazone groups is 1. The van der Waals surface area contributed by atoms with Crippen LogP contribution in [0.15, 0.2) is 76.3 Å². The summed E-state index contributed by atoms with van der Waals surface area (Å²) < 4.78 is 16.9. The Morgan fingerprint density at radius 1 is 1.00 bits per heavy atom. The maximum atomic E-state index is 12.5. The number of nitrogens with zero attached hydrogens (tertiary/aromatic N) is 1. The van der Waals surface area contributed by atoms with Gasteiger partial charge >= 0.3 is 5.97 Å². The van der Waals surface area contributed by atoms with E-state index >= 15 is 0 Å². The molecule has 0 aliphatic heterocycles. The molecule has 3 rings (SSSR count). The third-order valence-electron chi connectivity index (χ3n) is 4.81. The van der Waals surface area contributed by atoms with Crippen LogP contribution in [0.1, 0.15) is 41.3 Å². The van der Waals surface area contributed by atoms with Crippen molar-refractivity contribution in [2.45, 2.75) is 19.8 Å². The van der Waals surface area contributed by atoms with Crippen LogP contribution in [-0.2, 0) is 4.79 Å². The molecular weight excluding hydrogens is 500 g/mol. The second-order valence-corrected chi connectivity index (χ2v) is 8.52. The minimum absolute atomic E-state index is 0.184. The first kappa shape index (κ1) is 25.0. The van der Waals surface area contributed by atoms with Gasteiger partial charge in [0, 0.05) is 10.0 Å². The van der Waals surface area contributed by atoms with Gasteiger partial charge < -0.3 is 14.2 Å². The highest BCUT2D eigenvalue weighted by Crippen LogP contribution is 2.23. The highest BCUT2D eigenvalue weighted by Gasteiger charge is 2.12. The lowest BCUT2D eigenvalue weighted by Gasteiger charge is -2.09. The molecule has 0 atom stereocenters. The molecule has 0 heterocycles. The van der Waals surface area contributed by atoms with Gasteiger partial charge in [-0.3, -0.25) is 4.79 Å². The molecule has 8 heteroatoms. The Balaban J connectivity index is 1.58. The molecule has 0 aliphatic rings. The zero-order chi connectivity index (χ0) is 24.5. The van der Waals surface area contributed by atoms with E-state index in [0.29, 0.717) is 34.3 Å². The monoisotopic (exact) mass is 524 g/mol. The fourth-order valence-corrected chi connectivity index (χ4v) is 3.28. The molecular formula is C26H25BrN2O5. The third-order valence-corrected chi connectivity index (χ3v) is 5.30. The van der Waals surface area contributed by atoms with Crippen LogP contribution >= 0.6 is 15.9 Å². The number of rotatable bonds is 9. The van der Waals surface area contributed by atoms with Crippen LogP contribution < -0.4 is 19.6 Å². The molecule has 176 valence electrons. The summed E-state index contributed by atoms with van der Waals surface area (Å²) >= 11 is 3.39. The second kappa shape index (κ2) is 12.0. The van der Waals surface area contributed by atoms with E-state index in [-0.39, 0.29) is 6.61 Å². The predicted molar refractivity (Wildman–Crippen MR) is 134 cm³/mol. The van der Waals surface area contributed by atoms with Gasteiger partial charge in [0.2, 0.25) is 0 Å². The number of hydrogen-bond acceptors (Lipinski definition) is 6. The van der Waals surface area contributed by atoms with Gasteiger partial charge in [0.15, 0.2) is 6.61 Å². The average molecular weight is 525 g/mol. The highest BCUT2D eigenvalue weighted by atomic mass is 79.9. The molecule has 0 spiro atoms. The number of nitrogens with one attached hydrogen (secondary N) is 1. The fraction of sp³-hybridized carbons (Fsp3) is 0.192. The number of hydrogen-bond donors (Lipinski definition) is 1. The number of methoxy groups -OCH3 is 1. The lowest BCUT2D eigenvalue weighted by atomic mass is 10.0. The summed E-state index contributed by atoms with van der Waals surface area (Å²) in [5, 5.41) is 3.96. The molecule has 34 heavy (non-hydrogen) atoms. The molecule has 0 aliphatic carbocycles. The van der Waals surface area contributed by atoms with Gasteiger partial charge in [0.05, 0.1) is 18.9 Å². The summed E-state index contributed by atoms with van der Waals surface area (Å²) in [6.45, 7) is 4.03. The van der Waals surface area contributed by atoms with Gasteiger partial charge in [0.1, 0.15) is 17.2 Å². The molecule has 0 saturated heterocycles. The van der Waals surface area contributed by atoms with Gasteiger partial charge in [-0.2, -0.15) is 5.10 Å². The topological polar surface area (TPSA) is 86.2 Å². The smallest absolute Gasteiger partial charge is 0.343 e. The number of ether oxygens (including phenoxy) is 3. The number of esters is 1. The van der Waals surface area contributed by atoms with Crippen molar-refractivity contribution < 1.29 is 23.8 Å². The molecule has 0 fully saturated rings. The summed E-state index contributed by atoms with van der Waals surface area (Å²) in [6, 6.07) is 19.3. The molecule has 0 saturated carbocycles. The Kier molecular flexibility index (Phi) is 8.81. The maximum absolute atomic E-state index is 12.5. The molecule has 3 aromatic carbocycles. The van der Waals surface area contributed by atoms with Crippen LogP contribution in [0, 0.1) is 0 Å². The Morgan fingerprint density at radius 3 is 2.32 bits per heavy atom. The van der Waals surface area contributed by atoms with Crippen molar-refractivity contribution in [1.82, 2.24) is 5.43 Å². The SMILES string of the molecule is COc1ccc(C(=O)Oc2ccc(Br)cc2/C=N\NC(=O)COc2ccc(C(C)C)cc2)cc1. The van der Waals surface area contributed by atoms with Crippen molar-refractivity contribution in [1.29, 1.82) is 0 Å². The number of carbonyl (C=O) groups excluding carboxylic acids is 2. The van der Waals surface area contributed by atoms with Crippen molar-refractivity contribution in [3.8, 4) is 17.2 Å².